The minimum atomic E-state index is 0.750. The van der Waals surface area contributed by atoms with Gasteiger partial charge in [0.25, 0.3) is 0 Å². The number of rotatable bonds is 4. The first-order valence-electron chi connectivity index (χ1n) is 7.01. The van der Waals surface area contributed by atoms with Crippen molar-refractivity contribution in [3.63, 3.8) is 0 Å². The molecular weight excluding hydrogens is 254 g/mol. The summed E-state index contributed by atoms with van der Waals surface area (Å²) in [7, 11) is 2.25. The molecule has 2 aromatic rings. The van der Waals surface area contributed by atoms with Gasteiger partial charge in [-0.25, -0.2) is 4.98 Å². The molecule has 0 unspecified atom stereocenters. The van der Waals surface area contributed by atoms with E-state index in [4.69, 9.17) is 0 Å². The standard InChI is InChI=1S/C15H21N3S/c1-12-6-11-19-14(12)15-16-7-10-18(15)9-5-13-4-3-8-17(13)2/h6-7,10-11,13H,3-5,8-9H2,1-2H3/t13-/m1/s1. The smallest absolute Gasteiger partial charge is 0.150 e. The zero-order chi connectivity index (χ0) is 13.2. The van der Waals surface area contributed by atoms with Gasteiger partial charge in [-0.3, -0.25) is 0 Å². The predicted molar refractivity (Wildman–Crippen MR) is 80.5 cm³/mol. The van der Waals surface area contributed by atoms with Gasteiger partial charge >= 0.3 is 0 Å². The number of imidazole rings is 1. The summed E-state index contributed by atoms with van der Waals surface area (Å²) in [4.78, 5) is 8.35. The molecule has 1 saturated heterocycles. The average molecular weight is 275 g/mol. The lowest BCUT2D eigenvalue weighted by molar-refractivity contribution is 0.286. The summed E-state index contributed by atoms with van der Waals surface area (Å²) >= 11 is 1.79. The fourth-order valence-electron chi connectivity index (χ4n) is 2.93. The van der Waals surface area contributed by atoms with Gasteiger partial charge in [-0.15, -0.1) is 11.3 Å². The molecule has 19 heavy (non-hydrogen) atoms. The van der Waals surface area contributed by atoms with Crippen LogP contribution in [0.25, 0.3) is 10.7 Å². The zero-order valence-electron chi connectivity index (χ0n) is 11.7. The van der Waals surface area contributed by atoms with Crippen LogP contribution < -0.4 is 0 Å². The molecule has 0 N–H and O–H groups in total. The molecule has 0 aliphatic carbocycles. The van der Waals surface area contributed by atoms with E-state index >= 15 is 0 Å². The first kappa shape index (κ1) is 12.9. The van der Waals surface area contributed by atoms with Crippen LogP contribution >= 0.6 is 11.3 Å². The van der Waals surface area contributed by atoms with Crippen LogP contribution in [0, 0.1) is 6.92 Å². The predicted octanol–water partition coefficient (Wildman–Crippen LogP) is 3.40. The Balaban J connectivity index is 1.72. The second-order valence-corrected chi connectivity index (χ2v) is 6.36. The molecule has 0 saturated carbocycles. The minimum Gasteiger partial charge on any atom is -0.330 e. The first-order chi connectivity index (χ1) is 9.25. The second-order valence-electron chi connectivity index (χ2n) is 5.44. The van der Waals surface area contributed by atoms with Crippen molar-refractivity contribution in [1.82, 2.24) is 14.5 Å². The number of hydrogen-bond donors (Lipinski definition) is 0. The fourth-order valence-corrected chi connectivity index (χ4v) is 3.87. The van der Waals surface area contributed by atoms with E-state index in [1.165, 1.54) is 36.2 Å². The molecule has 3 rings (SSSR count). The maximum absolute atomic E-state index is 4.54. The van der Waals surface area contributed by atoms with Crippen LogP contribution in [-0.4, -0.2) is 34.1 Å². The van der Waals surface area contributed by atoms with Crippen molar-refractivity contribution in [3.05, 3.63) is 29.4 Å². The summed E-state index contributed by atoms with van der Waals surface area (Å²) in [5.74, 6) is 1.13. The summed E-state index contributed by atoms with van der Waals surface area (Å²) in [6.07, 6.45) is 7.96. The van der Waals surface area contributed by atoms with E-state index in [0.717, 1.165) is 18.4 Å². The van der Waals surface area contributed by atoms with Gasteiger partial charge in [0.2, 0.25) is 0 Å². The largest absolute Gasteiger partial charge is 0.330 e. The topological polar surface area (TPSA) is 21.1 Å². The van der Waals surface area contributed by atoms with Crippen molar-refractivity contribution in [2.45, 2.75) is 38.8 Å². The highest BCUT2D eigenvalue weighted by molar-refractivity contribution is 7.13. The number of thiophene rings is 1. The Hall–Kier alpha value is -1.13. The molecule has 0 amide bonds. The van der Waals surface area contributed by atoms with Crippen molar-refractivity contribution in [3.8, 4) is 10.7 Å². The van der Waals surface area contributed by atoms with Gasteiger partial charge in [0.05, 0.1) is 4.88 Å². The Morgan fingerprint density at radius 1 is 1.47 bits per heavy atom. The summed E-state index contributed by atoms with van der Waals surface area (Å²) in [5, 5.41) is 2.15. The van der Waals surface area contributed by atoms with Gasteiger partial charge in [-0.1, -0.05) is 0 Å². The second kappa shape index (κ2) is 5.47. The van der Waals surface area contributed by atoms with E-state index in [9.17, 15) is 0 Å². The summed E-state index contributed by atoms with van der Waals surface area (Å²) in [6.45, 7) is 4.49. The fraction of sp³-hybridized carbons (Fsp3) is 0.533. The van der Waals surface area contributed by atoms with Crippen LogP contribution in [0.2, 0.25) is 0 Å². The maximum atomic E-state index is 4.54. The van der Waals surface area contributed by atoms with Gasteiger partial charge in [0.1, 0.15) is 5.82 Å². The number of likely N-dealkylation sites (tertiary alicyclic amines) is 1. The van der Waals surface area contributed by atoms with E-state index in [1.54, 1.807) is 11.3 Å². The quantitative estimate of drug-likeness (QED) is 0.852. The molecule has 0 aromatic carbocycles. The summed E-state index contributed by atoms with van der Waals surface area (Å²) in [6, 6.07) is 2.92. The molecule has 0 spiro atoms. The molecule has 0 bridgehead atoms. The Morgan fingerprint density at radius 2 is 2.37 bits per heavy atom. The maximum Gasteiger partial charge on any atom is 0.150 e. The SMILES string of the molecule is Cc1ccsc1-c1nccn1CC[C@H]1CCCN1C. The summed E-state index contributed by atoms with van der Waals surface area (Å²) < 4.78 is 2.31. The molecule has 4 heteroatoms. The summed E-state index contributed by atoms with van der Waals surface area (Å²) in [5.41, 5.74) is 1.33. The van der Waals surface area contributed by atoms with Crippen molar-refractivity contribution in [2.24, 2.45) is 0 Å². The van der Waals surface area contributed by atoms with Crippen LogP contribution in [-0.2, 0) is 6.54 Å². The van der Waals surface area contributed by atoms with Crippen LogP contribution in [0.3, 0.4) is 0 Å². The van der Waals surface area contributed by atoms with Gasteiger partial charge < -0.3 is 9.47 Å². The molecular formula is C15H21N3S. The van der Waals surface area contributed by atoms with Crippen molar-refractivity contribution in [2.75, 3.05) is 13.6 Å². The average Bonchev–Trinajstić information content (AvgIpc) is 3.08. The Morgan fingerprint density at radius 3 is 3.05 bits per heavy atom. The highest BCUT2D eigenvalue weighted by Gasteiger charge is 2.21. The third-order valence-electron chi connectivity index (χ3n) is 4.16. The van der Waals surface area contributed by atoms with Crippen LogP contribution in [0.15, 0.2) is 23.8 Å². The number of hydrogen-bond acceptors (Lipinski definition) is 3. The molecule has 0 radical (unpaired) electrons. The molecule has 3 nitrogen and oxygen atoms in total. The first-order valence-corrected chi connectivity index (χ1v) is 7.89. The number of aryl methyl sites for hydroxylation is 2. The number of nitrogens with zero attached hydrogens (tertiary/aromatic N) is 3. The van der Waals surface area contributed by atoms with E-state index in [0.29, 0.717) is 0 Å². The third kappa shape index (κ3) is 2.60. The molecule has 2 aromatic heterocycles. The molecule has 102 valence electrons. The van der Waals surface area contributed by atoms with Crippen LogP contribution in [0.4, 0.5) is 0 Å². The van der Waals surface area contributed by atoms with Gasteiger partial charge in [-0.05, 0) is 56.8 Å². The molecule has 1 aliphatic rings. The lowest BCUT2D eigenvalue weighted by Gasteiger charge is -2.19. The minimum absolute atomic E-state index is 0.750. The highest BCUT2D eigenvalue weighted by atomic mass is 32.1. The van der Waals surface area contributed by atoms with Gasteiger partial charge in [0, 0.05) is 25.0 Å². The Bertz CT molecular complexity index is 543. The monoisotopic (exact) mass is 275 g/mol. The van der Waals surface area contributed by atoms with E-state index < -0.39 is 0 Å². The third-order valence-corrected chi connectivity index (χ3v) is 5.17. The van der Waals surface area contributed by atoms with Crippen LogP contribution in [0.5, 0.6) is 0 Å². The van der Waals surface area contributed by atoms with Crippen LogP contribution in [0.1, 0.15) is 24.8 Å². The van der Waals surface area contributed by atoms with E-state index in [1.807, 2.05) is 6.20 Å². The van der Waals surface area contributed by atoms with E-state index in [2.05, 4.69) is 46.1 Å². The van der Waals surface area contributed by atoms with Crippen molar-refractivity contribution < 1.29 is 0 Å². The Kier molecular flexibility index (Phi) is 3.71. The molecule has 1 fully saturated rings. The van der Waals surface area contributed by atoms with Gasteiger partial charge in [0.15, 0.2) is 0 Å². The van der Waals surface area contributed by atoms with Crippen molar-refractivity contribution >= 4 is 11.3 Å². The normalized spacial score (nSPS) is 20.2. The van der Waals surface area contributed by atoms with E-state index in [-0.39, 0.29) is 0 Å². The molecule has 1 atom stereocenters. The lowest BCUT2D eigenvalue weighted by Crippen LogP contribution is -2.26. The zero-order valence-corrected chi connectivity index (χ0v) is 12.5. The van der Waals surface area contributed by atoms with Gasteiger partial charge in [-0.2, -0.15) is 0 Å². The highest BCUT2D eigenvalue weighted by Crippen LogP contribution is 2.28. The lowest BCUT2D eigenvalue weighted by atomic mass is 10.1. The number of aromatic nitrogens is 2. The molecule has 1 aliphatic heterocycles. The molecule has 3 heterocycles. The Labute approximate surface area is 118 Å². The van der Waals surface area contributed by atoms with Crippen molar-refractivity contribution in [1.29, 1.82) is 0 Å².